The van der Waals surface area contributed by atoms with Gasteiger partial charge in [0.05, 0.1) is 0 Å². The number of carbonyl (C=O) groups excluding carboxylic acids is 2. The highest BCUT2D eigenvalue weighted by atomic mass is 16.2. The van der Waals surface area contributed by atoms with E-state index in [0.717, 1.165) is 48.4 Å². The van der Waals surface area contributed by atoms with Crippen LogP contribution in [0.2, 0.25) is 0 Å². The number of rotatable bonds is 8. The van der Waals surface area contributed by atoms with Gasteiger partial charge in [-0.25, -0.2) is 4.79 Å². The molecule has 4 aliphatic rings. The van der Waals surface area contributed by atoms with Crippen molar-refractivity contribution in [3.8, 4) is 0 Å². The molecule has 0 saturated heterocycles. The van der Waals surface area contributed by atoms with E-state index in [4.69, 9.17) is 0 Å². The van der Waals surface area contributed by atoms with Crippen LogP contribution in [0.5, 0.6) is 0 Å². The minimum absolute atomic E-state index is 0.00508. The van der Waals surface area contributed by atoms with E-state index in [2.05, 4.69) is 40.3 Å². The largest absolute Gasteiger partial charge is 0.379 e. The van der Waals surface area contributed by atoms with Gasteiger partial charge in [0.1, 0.15) is 0 Å². The molecule has 6 nitrogen and oxygen atoms in total. The van der Waals surface area contributed by atoms with Crippen LogP contribution in [0.15, 0.2) is 54.6 Å². The number of carbonyl (C=O) groups is 2. The monoisotopic (exact) mass is 460 g/mol. The van der Waals surface area contributed by atoms with Gasteiger partial charge in [0.25, 0.3) is 0 Å². The van der Waals surface area contributed by atoms with Crippen molar-refractivity contribution in [2.45, 2.75) is 63.5 Å². The quantitative estimate of drug-likeness (QED) is 0.422. The molecule has 4 fully saturated rings. The first-order valence-electron chi connectivity index (χ1n) is 12.7. The molecule has 4 N–H and O–H groups in total. The first kappa shape index (κ1) is 22.8. The highest BCUT2D eigenvalue weighted by molar-refractivity contribution is 5.91. The third-order valence-corrected chi connectivity index (χ3v) is 7.91. The Morgan fingerprint density at radius 2 is 1.47 bits per heavy atom. The van der Waals surface area contributed by atoms with E-state index in [1.54, 1.807) is 0 Å². The number of nitrogens with one attached hydrogen (secondary N) is 4. The molecule has 3 amide bonds. The molecule has 34 heavy (non-hydrogen) atoms. The van der Waals surface area contributed by atoms with Gasteiger partial charge in [-0.05, 0) is 93.0 Å². The maximum Gasteiger partial charge on any atom is 0.315 e. The second-order valence-corrected chi connectivity index (χ2v) is 10.7. The Bertz CT molecular complexity index is 970. The summed E-state index contributed by atoms with van der Waals surface area (Å²) in [4.78, 5) is 24.9. The molecular weight excluding hydrogens is 424 g/mol. The minimum Gasteiger partial charge on any atom is -0.379 e. The summed E-state index contributed by atoms with van der Waals surface area (Å²) in [6.45, 7) is 2.45. The number of anilines is 2. The first-order valence-corrected chi connectivity index (χ1v) is 12.7. The Kier molecular flexibility index (Phi) is 6.48. The summed E-state index contributed by atoms with van der Waals surface area (Å²) in [6, 6.07) is 18.1. The Hall–Kier alpha value is -3.02. The molecule has 180 valence electrons. The fourth-order valence-electron chi connectivity index (χ4n) is 6.79. The molecule has 1 unspecified atom stereocenters. The Morgan fingerprint density at radius 3 is 2.09 bits per heavy atom. The Labute approximate surface area is 202 Å². The average molecular weight is 461 g/mol. The van der Waals surface area contributed by atoms with Gasteiger partial charge in [-0.15, -0.1) is 0 Å². The van der Waals surface area contributed by atoms with Crippen LogP contribution in [-0.2, 0) is 4.79 Å². The van der Waals surface area contributed by atoms with E-state index < -0.39 is 0 Å². The number of hydrogen-bond donors (Lipinski definition) is 4. The molecule has 4 saturated carbocycles. The zero-order valence-corrected chi connectivity index (χ0v) is 20.0. The molecular formula is C28H36N4O2. The molecule has 4 bridgehead atoms. The summed E-state index contributed by atoms with van der Waals surface area (Å²) in [5, 5.41) is 12.6. The number of amides is 3. The second kappa shape index (κ2) is 9.69. The van der Waals surface area contributed by atoms with E-state index >= 15 is 0 Å². The summed E-state index contributed by atoms with van der Waals surface area (Å²) in [7, 11) is 0. The molecule has 1 atom stereocenters. The van der Waals surface area contributed by atoms with Gasteiger partial charge in [0.15, 0.2) is 0 Å². The van der Waals surface area contributed by atoms with E-state index in [1.807, 2.05) is 42.5 Å². The highest BCUT2D eigenvalue weighted by Gasteiger charge is 2.51. The lowest BCUT2D eigenvalue weighted by atomic mass is 9.53. The summed E-state index contributed by atoms with van der Waals surface area (Å²) in [6.07, 6.45) is 7.69. The lowest BCUT2D eigenvalue weighted by Crippen LogP contribution is -2.61. The molecule has 4 aliphatic carbocycles. The molecule has 0 spiro atoms. The fourth-order valence-corrected chi connectivity index (χ4v) is 6.79. The number of hydrogen-bond acceptors (Lipinski definition) is 3. The normalized spacial score (nSPS) is 27.6. The van der Waals surface area contributed by atoms with E-state index in [9.17, 15) is 9.59 Å². The summed E-state index contributed by atoms with van der Waals surface area (Å²) >= 11 is 0. The van der Waals surface area contributed by atoms with E-state index in [0.29, 0.717) is 6.54 Å². The van der Waals surface area contributed by atoms with Crippen LogP contribution in [0.3, 0.4) is 0 Å². The Balaban J connectivity index is 1.03. The van der Waals surface area contributed by atoms with Crippen LogP contribution >= 0.6 is 0 Å². The van der Waals surface area contributed by atoms with Crippen molar-refractivity contribution in [1.82, 2.24) is 10.6 Å². The molecule has 2 aromatic carbocycles. The smallest absolute Gasteiger partial charge is 0.315 e. The van der Waals surface area contributed by atoms with Crippen molar-refractivity contribution in [1.29, 1.82) is 0 Å². The average Bonchev–Trinajstić information content (AvgIpc) is 2.79. The lowest BCUT2D eigenvalue weighted by Gasteiger charge is -2.56. The molecule has 6 rings (SSSR count). The maximum absolute atomic E-state index is 12.5. The van der Waals surface area contributed by atoms with Crippen molar-refractivity contribution >= 4 is 23.3 Å². The molecule has 0 radical (unpaired) electrons. The zero-order chi connectivity index (χ0) is 23.5. The molecule has 0 aliphatic heterocycles. The van der Waals surface area contributed by atoms with Crippen molar-refractivity contribution in [2.75, 3.05) is 17.2 Å². The second-order valence-electron chi connectivity index (χ2n) is 10.7. The highest BCUT2D eigenvalue weighted by Crippen LogP contribution is 2.55. The van der Waals surface area contributed by atoms with Crippen LogP contribution in [0.4, 0.5) is 16.2 Å². The van der Waals surface area contributed by atoms with Crippen LogP contribution < -0.4 is 21.3 Å². The number of benzene rings is 2. The minimum atomic E-state index is -0.127. The predicted octanol–water partition coefficient (Wildman–Crippen LogP) is 5.46. The fraction of sp³-hybridized carbons (Fsp3) is 0.500. The van der Waals surface area contributed by atoms with Gasteiger partial charge >= 0.3 is 6.03 Å². The molecule has 0 heterocycles. The van der Waals surface area contributed by atoms with Crippen molar-refractivity contribution in [3.05, 3.63) is 60.2 Å². The predicted molar refractivity (Wildman–Crippen MR) is 136 cm³/mol. The summed E-state index contributed by atoms with van der Waals surface area (Å²) in [5.74, 6) is 2.27. The van der Waals surface area contributed by atoms with Crippen LogP contribution in [0.25, 0.3) is 0 Å². The van der Waals surface area contributed by atoms with Gasteiger partial charge in [-0.2, -0.15) is 0 Å². The summed E-state index contributed by atoms with van der Waals surface area (Å²) in [5.41, 5.74) is 2.97. The van der Waals surface area contributed by atoms with Gasteiger partial charge in [0.2, 0.25) is 5.91 Å². The topological polar surface area (TPSA) is 82.3 Å². The van der Waals surface area contributed by atoms with Crippen molar-refractivity contribution < 1.29 is 9.59 Å². The molecule has 0 aromatic heterocycles. The van der Waals surface area contributed by atoms with Crippen molar-refractivity contribution in [3.63, 3.8) is 0 Å². The SMILES string of the molecule is CC(Nc1ccc(NC(=O)CCNC(=O)NC23CC4CC(CC(C4)C2)C3)cc1)c1ccccc1. The van der Waals surface area contributed by atoms with Gasteiger partial charge in [0, 0.05) is 35.9 Å². The van der Waals surface area contributed by atoms with Crippen molar-refractivity contribution in [2.24, 2.45) is 17.8 Å². The van der Waals surface area contributed by atoms with Gasteiger partial charge in [-0.1, -0.05) is 30.3 Å². The molecule has 6 heteroatoms. The van der Waals surface area contributed by atoms with Crippen LogP contribution in [0, 0.1) is 17.8 Å². The lowest BCUT2D eigenvalue weighted by molar-refractivity contribution is -0.116. The van der Waals surface area contributed by atoms with Gasteiger partial charge < -0.3 is 21.3 Å². The number of urea groups is 1. The standard InChI is InChI=1S/C28H36N4O2/c1-19(23-5-3-2-4-6-23)30-24-7-9-25(10-8-24)31-26(33)11-12-29-27(34)32-28-16-20-13-21(17-28)15-22(14-20)18-28/h2-10,19-22,30H,11-18H2,1H3,(H,31,33)(H2,29,32,34). The maximum atomic E-state index is 12.5. The zero-order valence-electron chi connectivity index (χ0n) is 20.0. The van der Waals surface area contributed by atoms with E-state index in [1.165, 1.54) is 24.8 Å². The molecule has 2 aromatic rings. The Morgan fingerprint density at radius 1 is 0.882 bits per heavy atom. The van der Waals surface area contributed by atoms with Crippen LogP contribution in [-0.4, -0.2) is 24.0 Å². The third-order valence-electron chi connectivity index (χ3n) is 7.91. The van der Waals surface area contributed by atoms with E-state index in [-0.39, 0.29) is 29.9 Å². The van der Waals surface area contributed by atoms with Gasteiger partial charge in [-0.3, -0.25) is 4.79 Å². The summed E-state index contributed by atoms with van der Waals surface area (Å²) < 4.78 is 0. The van der Waals surface area contributed by atoms with Crippen LogP contribution in [0.1, 0.15) is 63.5 Å². The third kappa shape index (κ3) is 5.37. The first-order chi connectivity index (χ1) is 16.5.